The standard InChI is InChI=1S/C16H25BrN2.ClH/c1-13(15-5-3-4-6-16(15)17)19-11-8-14(9-12-19)7-10-18-2;/h3-6,13-14,18H,7-12H2,1-2H3;1H. The highest BCUT2D eigenvalue weighted by Gasteiger charge is 2.23. The van der Waals surface area contributed by atoms with Crippen LogP contribution in [0.4, 0.5) is 0 Å². The number of nitrogens with one attached hydrogen (secondary N) is 1. The van der Waals surface area contributed by atoms with Crippen LogP contribution in [0, 0.1) is 5.92 Å². The number of hydrogen-bond acceptors (Lipinski definition) is 2. The van der Waals surface area contributed by atoms with Gasteiger partial charge in [-0.25, -0.2) is 0 Å². The molecule has 0 aromatic heterocycles. The summed E-state index contributed by atoms with van der Waals surface area (Å²) < 4.78 is 1.24. The molecule has 0 saturated carbocycles. The van der Waals surface area contributed by atoms with E-state index in [9.17, 15) is 0 Å². The Morgan fingerprint density at radius 1 is 1.30 bits per heavy atom. The molecule has 4 heteroatoms. The van der Waals surface area contributed by atoms with Crippen LogP contribution in [0.15, 0.2) is 28.7 Å². The highest BCUT2D eigenvalue weighted by molar-refractivity contribution is 9.10. The van der Waals surface area contributed by atoms with Gasteiger partial charge in [-0.1, -0.05) is 34.1 Å². The fourth-order valence-electron chi connectivity index (χ4n) is 2.99. The summed E-state index contributed by atoms with van der Waals surface area (Å²) in [5.41, 5.74) is 1.41. The fourth-order valence-corrected chi connectivity index (χ4v) is 3.60. The molecule has 1 aliphatic rings. The van der Waals surface area contributed by atoms with E-state index in [-0.39, 0.29) is 12.4 Å². The van der Waals surface area contributed by atoms with Crippen LogP contribution >= 0.6 is 28.3 Å². The summed E-state index contributed by atoms with van der Waals surface area (Å²) in [6.07, 6.45) is 4.01. The summed E-state index contributed by atoms with van der Waals surface area (Å²) in [6, 6.07) is 9.12. The van der Waals surface area contributed by atoms with Crippen molar-refractivity contribution in [2.24, 2.45) is 5.92 Å². The van der Waals surface area contributed by atoms with Crippen LogP contribution in [0.25, 0.3) is 0 Å². The second-order valence-electron chi connectivity index (χ2n) is 5.57. The molecule has 0 aliphatic carbocycles. The van der Waals surface area contributed by atoms with Crippen LogP contribution in [0.1, 0.15) is 37.8 Å². The SMILES string of the molecule is CNCCC1CCN(C(C)c2ccccc2Br)CC1.Cl. The van der Waals surface area contributed by atoms with E-state index >= 15 is 0 Å². The molecular weight excluding hydrogens is 336 g/mol. The topological polar surface area (TPSA) is 15.3 Å². The second kappa shape index (κ2) is 9.04. The van der Waals surface area contributed by atoms with Crippen LogP contribution in [0.2, 0.25) is 0 Å². The van der Waals surface area contributed by atoms with Gasteiger partial charge in [0.25, 0.3) is 0 Å². The number of hydrogen-bond donors (Lipinski definition) is 1. The van der Waals surface area contributed by atoms with Crippen molar-refractivity contribution in [3.8, 4) is 0 Å². The average Bonchev–Trinajstić information content (AvgIpc) is 2.45. The van der Waals surface area contributed by atoms with E-state index < -0.39 is 0 Å². The van der Waals surface area contributed by atoms with E-state index in [1.807, 2.05) is 7.05 Å². The Morgan fingerprint density at radius 3 is 2.55 bits per heavy atom. The Morgan fingerprint density at radius 2 is 1.95 bits per heavy atom. The summed E-state index contributed by atoms with van der Waals surface area (Å²) in [4.78, 5) is 2.62. The Hall–Kier alpha value is -0.0900. The highest BCUT2D eigenvalue weighted by Crippen LogP contribution is 2.31. The predicted molar refractivity (Wildman–Crippen MR) is 92.6 cm³/mol. The van der Waals surface area contributed by atoms with Crippen molar-refractivity contribution in [2.45, 2.75) is 32.2 Å². The lowest BCUT2D eigenvalue weighted by Gasteiger charge is -2.36. The molecule has 1 saturated heterocycles. The number of likely N-dealkylation sites (tertiary alicyclic amines) is 1. The first-order valence-electron chi connectivity index (χ1n) is 7.35. The van der Waals surface area contributed by atoms with Gasteiger partial charge in [-0.05, 0) is 70.4 Å². The van der Waals surface area contributed by atoms with Crippen molar-refractivity contribution in [3.05, 3.63) is 34.3 Å². The van der Waals surface area contributed by atoms with Crippen LogP contribution < -0.4 is 5.32 Å². The van der Waals surface area contributed by atoms with Crippen LogP contribution in [-0.2, 0) is 0 Å². The van der Waals surface area contributed by atoms with Crippen molar-refractivity contribution in [1.82, 2.24) is 10.2 Å². The Labute approximate surface area is 137 Å². The molecule has 1 heterocycles. The molecule has 1 aromatic carbocycles. The zero-order valence-corrected chi connectivity index (χ0v) is 14.8. The molecule has 1 aliphatic heterocycles. The molecule has 114 valence electrons. The largest absolute Gasteiger partial charge is 0.320 e. The number of nitrogens with zero attached hydrogens (tertiary/aromatic N) is 1. The third-order valence-electron chi connectivity index (χ3n) is 4.35. The van der Waals surface area contributed by atoms with Gasteiger partial charge in [0, 0.05) is 10.5 Å². The number of benzene rings is 1. The van der Waals surface area contributed by atoms with Crippen molar-refractivity contribution < 1.29 is 0 Å². The lowest BCUT2D eigenvalue weighted by molar-refractivity contribution is 0.137. The lowest BCUT2D eigenvalue weighted by Crippen LogP contribution is -2.36. The van der Waals surface area contributed by atoms with Gasteiger partial charge in [0.05, 0.1) is 0 Å². The zero-order valence-electron chi connectivity index (χ0n) is 12.4. The van der Waals surface area contributed by atoms with E-state index in [4.69, 9.17) is 0 Å². The average molecular weight is 362 g/mol. The van der Waals surface area contributed by atoms with E-state index in [1.165, 1.54) is 42.4 Å². The quantitative estimate of drug-likeness (QED) is 0.843. The Kier molecular flexibility index (Phi) is 8.11. The zero-order chi connectivity index (χ0) is 13.7. The molecule has 0 amide bonds. The summed E-state index contributed by atoms with van der Waals surface area (Å²) in [7, 11) is 2.05. The summed E-state index contributed by atoms with van der Waals surface area (Å²) in [5, 5.41) is 3.26. The molecule has 0 radical (unpaired) electrons. The summed E-state index contributed by atoms with van der Waals surface area (Å²) in [5.74, 6) is 0.912. The van der Waals surface area contributed by atoms with Crippen molar-refractivity contribution in [2.75, 3.05) is 26.7 Å². The smallest absolute Gasteiger partial charge is 0.0331 e. The van der Waals surface area contributed by atoms with E-state index in [2.05, 4.69) is 57.3 Å². The minimum Gasteiger partial charge on any atom is -0.320 e. The summed E-state index contributed by atoms with van der Waals surface area (Å²) >= 11 is 3.67. The fraction of sp³-hybridized carbons (Fsp3) is 0.625. The molecule has 2 rings (SSSR count). The molecule has 1 N–H and O–H groups in total. The Balaban J connectivity index is 0.00000200. The van der Waals surface area contributed by atoms with Crippen molar-refractivity contribution in [1.29, 1.82) is 0 Å². The minimum atomic E-state index is 0. The normalized spacial score (nSPS) is 18.6. The van der Waals surface area contributed by atoms with Gasteiger partial charge in [0.2, 0.25) is 0 Å². The molecule has 0 bridgehead atoms. The third-order valence-corrected chi connectivity index (χ3v) is 5.08. The van der Waals surface area contributed by atoms with Gasteiger partial charge < -0.3 is 5.32 Å². The third kappa shape index (κ3) is 4.73. The summed E-state index contributed by atoms with van der Waals surface area (Å²) in [6.45, 7) is 5.95. The van der Waals surface area contributed by atoms with Crippen molar-refractivity contribution >= 4 is 28.3 Å². The van der Waals surface area contributed by atoms with Gasteiger partial charge in [0.15, 0.2) is 0 Å². The molecule has 2 nitrogen and oxygen atoms in total. The van der Waals surface area contributed by atoms with Gasteiger partial charge in [-0.3, -0.25) is 4.90 Å². The number of rotatable bonds is 5. The number of piperidine rings is 1. The first-order valence-corrected chi connectivity index (χ1v) is 8.14. The van der Waals surface area contributed by atoms with E-state index in [0.29, 0.717) is 6.04 Å². The van der Waals surface area contributed by atoms with E-state index in [1.54, 1.807) is 0 Å². The second-order valence-corrected chi connectivity index (χ2v) is 6.42. The molecule has 1 fully saturated rings. The van der Waals surface area contributed by atoms with Crippen LogP contribution in [0.3, 0.4) is 0 Å². The maximum Gasteiger partial charge on any atom is 0.0331 e. The van der Waals surface area contributed by atoms with Gasteiger partial charge in [-0.15, -0.1) is 12.4 Å². The molecule has 1 atom stereocenters. The van der Waals surface area contributed by atoms with Crippen molar-refractivity contribution in [3.63, 3.8) is 0 Å². The van der Waals surface area contributed by atoms with Gasteiger partial charge in [0.1, 0.15) is 0 Å². The maximum atomic E-state index is 3.67. The van der Waals surface area contributed by atoms with Gasteiger partial charge >= 0.3 is 0 Å². The van der Waals surface area contributed by atoms with E-state index in [0.717, 1.165) is 12.5 Å². The lowest BCUT2D eigenvalue weighted by atomic mass is 9.92. The first-order chi connectivity index (χ1) is 9.22. The molecule has 1 aromatic rings. The monoisotopic (exact) mass is 360 g/mol. The molecular formula is C16H26BrClN2. The minimum absolute atomic E-state index is 0. The van der Waals surface area contributed by atoms with Crippen LogP contribution in [0.5, 0.6) is 0 Å². The first kappa shape index (κ1) is 18.0. The predicted octanol–water partition coefficient (Wildman–Crippen LogP) is 4.25. The molecule has 20 heavy (non-hydrogen) atoms. The number of halogens is 2. The highest BCUT2D eigenvalue weighted by atomic mass is 79.9. The van der Waals surface area contributed by atoms with Crippen LogP contribution in [-0.4, -0.2) is 31.6 Å². The van der Waals surface area contributed by atoms with Gasteiger partial charge in [-0.2, -0.15) is 0 Å². The Bertz CT molecular complexity index is 392. The molecule has 0 spiro atoms. The molecule has 1 unspecified atom stereocenters. The maximum absolute atomic E-state index is 3.67.